The van der Waals surface area contributed by atoms with Gasteiger partial charge in [-0.05, 0) is 24.6 Å². The molecule has 4 heterocycles. The number of aliphatic hydroxyl groups is 1. The number of β-lactam (4-membered cyclic amide) rings is 1. The number of aromatic nitrogens is 2. The molecule has 1 saturated heterocycles. The minimum Gasteiger partial charge on any atom is -0.456 e. The number of ketones is 1. The van der Waals surface area contributed by atoms with E-state index in [0.717, 1.165) is 9.71 Å². The van der Waals surface area contributed by atoms with Crippen LogP contribution in [0.2, 0.25) is 0 Å². The second-order valence-corrected chi connectivity index (χ2v) is 10.5. The largest absolute Gasteiger partial charge is 0.456 e. The van der Waals surface area contributed by atoms with E-state index >= 15 is 0 Å². The summed E-state index contributed by atoms with van der Waals surface area (Å²) in [5.41, 5.74) is 1.77. The molecule has 4 atom stereocenters. The van der Waals surface area contributed by atoms with Gasteiger partial charge >= 0.3 is 5.97 Å². The van der Waals surface area contributed by atoms with Gasteiger partial charge in [-0.3, -0.25) is 19.7 Å². The Labute approximate surface area is 215 Å². The fourth-order valence-electron chi connectivity index (χ4n) is 5.36. The molecule has 11 nitrogen and oxygen atoms in total. The molecule has 192 valence electrons. The summed E-state index contributed by atoms with van der Waals surface area (Å²) in [4.78, 5) is 51.9. The van der Waals surface area contributed by atoms with Crippen molar-refractivity contribution in [3.63, 3.8) is 0 Å². The van der Waals surface area contributed by atoms with Gasteiger partial charge in [-0.15, -0.1) is 0 Å². The third-order valence-corrected chi connectivity index (χ3v) is 8.17. The first-order chi connectivity index (χ1) is 17.5. The smallest absolute Gasteiger partial charge is 0.355 e. The number of carbonyl (C=O) groups excluding carboxylic acids is 3. The highest BCUT2D eigenvalue weighted by atomic mass is 32.1. The molecular weight excluding hydrogens is 500 g/mol. The van der Waals surface area contributed by atoms with Gasteiger partial charge in [0.1, 0.15) is 18.5 Å². The normalized spacial score (nSPS) is 21.7. The van der Waals surface area contributed by atoms with Crippen LogP contribution >= 0.6 is 11.3 Å². The minimum absolute atomic E-state index is 0.0738. The Hall–Kier alpha value is -3.90. The topological polar surface area (TPSA) is 136 Å². The average molecular weight is 526 g/mol. The molecule has 1 amide bonds. The van der Waals surface area contributed by atoms with Crippen molar-refractivity contribution in [2.24, 2.45) is 18.9 Å². The summed E-state index contributed by atoms with van der Waals surface area (Å²) in [5, 5.41) is 21.1. The van der Waals surface area contributed by atoms with Crippen molar-refractivity contribution in [3.8, 4) is 0 Å². The lowest BCUT2D eigenvalue weighted by Crippen LogP contribution is -2.63. The highest BCUT2D eigenvalue weighted by molar-refractivity contribution is 7.18. The Morgan fingerprint density at radius 2 is 1.97 bits per heavy atom. The third-order valence-electron chi connectivity index (χ3n) is 7.03. The number of benzene rings is 1. The van der Waals surface area contributed by atoms with Crippen LogP contribution in [-0.2, 0) is 28.0 Å². The number of rotatable bonds is 7. The number of non-ortho nitro benzene ring substituents is 1. The van der Waals surface area contributed by atoms with E-state index in [1.807, 2.05) is 17.5 Å². The Morgan fingerprint density at radius 1 is 1.30 bits per heavy atom. The van der Waals surface area contributed by atoms with Crippen LogP contribution in [0.5, 0.6) is 0 Å². The lowest BCUT2D eigenvalue weighted by Gasteiger charge is -2.46. The molecule has 37 heavy (non-hydrogen) atoms. The van der Waals surface area contributed by atoms with Gasteiger partial charge in [0.2, 0.25) is 28.5 Å². The molecule has 2 aromatic heterocycles. The molecule has 5 rings (SSSR count). The van der Waals surface area contributed by atoms with E-state index in [4.69, 9.17) is 4.74 Å². The molecule has 1 aromatic carbocycles. The first kappa shape index (κ1) is 24.8. The lowest BCUT2D eigenvalue weighted by molar-refractivity contribution is -0.508. The number of hydrogen-bond acceptors (Lipinski definition) is 8. The van der Waals surface area contributed by atoms with E-state index in [1.54, 1.807) is 24.9 Å². The molecule has 0 unspecified atom stereocenters. The Bertz CT molecular complexity index is 1500. The number of Topliss-reactive ketones (excluding diaryl/α,β-unsaturated/α-hetero) is 1. The quantitative estimate of drug-likeness (QED) is 0.125. The van der Waals surface area contributed by atoms with E-state index in [0.29, 0.717) is 16.8 Å². The van der Waals surface area contributed by atoms with Crippen LogP contribution in [0.25, 0.3) is 10.4 Å². The Kier molecular flexibility index (Phi) is 5.95. The summed E-state index contributed by atoms with van der Waals surface area (Å²) < 4.78 is 9.12. The maximum Gasteiger partial charge on any atom is 0.355 e. The fraction of sp³-hybridized carbons (Fsp3) is 0.360. The molecule has 1 N–H and O–H groups in total. The molecule has 0 radical (unpaired) electrons. The van der Waals surface area contributed by atoms with Gasteiger partial charge in [0.15, 0.2) is 0 Å². The number of esters is 1. The number of nitro groups is 1. The molecule has 12 heteroatoms. The van der Waals surface area contributed by atoms with Crippen LogP contribution in [-0.4, -0.2) is 49.3 Å². The van der Waals surface area contributed by atoms with Crippen molar-refractivity contribution >= 4 is 45.1 Å². The molecule has 0 saturated carbocycles. The maximum absolute atomic E-state index is 13.4. The summed E-state index contributed by atoms with van der Waals surface area (Å²) in [7, 11) is 1.78. The summed E-state index contributed by atoms with van der Waals surface area (Å²) >= 11 is 1.35. The summed E-state index contributed by atoms with van der Waals surface area (Å²) in [5.74, 6) is -2.04. The minimum atomic E-state index is -0.879. The first-order valence-corrected chi connectivity index (χ1v) is 12.5. The van der Waals surface area contributed by atoms with Crippen molar-refractivity contribution in [3.05, 3.63) is 68.7 Å². The van der Waals surface area contributed by atoms with Crippen molar-refractivity contribution in [1.82, 2.24) is 9.47 Å². The predicted molar refractivity (Wildman–Crippen MR) is 131 cm³/mol. The summed E-state index contributed by atoms with van der Waals surface area (Å²) in [6.07, 6.45) is 2.72. The average Bonchev–Trinajstić information content (AvgIpc) is 3.43. The van der Waals surface area contributed by atoms with Crippen LogP contribution in [0.3, 0.4) is 0 Å². The lowest BCUT2D eigenvalue weighted by atomic mass is 9.77. The van der Waals surface area contributed by atoms with Crippen LogP contribution in [0, 0.1) is 22.0 Å². The molecule has 3 aromatic rings. The summed E-state index contributed by atoms with van der Waals surface area (Å²) in [6, 6.07) is 5.27. The van der Waals surface area contributed by atoms with Gasteiger partial charge in [0.25, 0.3) is 5.69 Å². The zero-order valence-corrected chi connectivity index (χ0v) is 21.4. The van der Waals surface area contributed by atoms with Gasteiger partial charge in [0, 0.05) is 30.5 Å². The molecule has 2 aliphatic heterocycles. The van der Waals surface area contributed by atoms with E-state index in [9.17, 15) is 29.6 Å². The monoisotopic (exact) mass is 525 g/mol. The number of imidazole rings is 1. The third kappa shape index (κ3) is 3.83. The zero-order valence-electron chi connectivity index (χ0n) is 20.6. The number of aryl methyl sites for hydroxylation is 1. The van der Waals surface area contributed by atoms with Gasteiger partial charge in [-0.2, -0.15) is 4.40 Å². The predicted octanol–water partition coefficient (Wildman–Crippen LogP) is 2.25. The number of fused-ring (bicyclic) bond motifs is 2. The standard InChI is InChI=1S/C25H25N4O7S/c1-12-18(17-9-27-11-26(4)21(14(3)31)24(27)37-17)22(28-20(12)19(13(2)30)23(28)32)25(33)36-10-15-5-7-16(8-6-15)29(34)35/h5-9,11-13,19-20,30H,10H2,1-4H3/q+1/t12-,13+,19+,20+/m0/s1. The van der Waals surface area contributed by atoms with Gasteiger partial charge in [-0.1, -0.05) is 18.3 Å². The van der Waals surface area contributed by atoms with Crippen molar-refractivity contribution in [2.45, 2.75) is 39.5 Å². The van der Waals surface area contributed by atoms with Crippen LogP contribution in [0.15, 0.2) is 42.5 Å². The number of carbonyl (C=O) groups is 3. The number of ether oxygens (including phenoxy) is 1. The van der Waals surface area contributed by atoms with E-state index in [-0.39, 0.29) is 35.6 Å². The van der Waals surface area contributed by atoms with Crippen LogP contribution in [0.1, 0.15) is 41.7 Å². The fourth-order valence-corrected chi connectivity index (χ4v) is 6.71. The van der Waals surface area contributed by atoms with Gasteiger partial charge in [-0.25, -0.2) is 9.36 Å². The van der Waals surface area contributed by atoms with Crippen LogP contribution < -0.4 is 4.40 Å². The molecule has 0 aliphatic carbocycles. The number of thiazole rings is 1. The SMILES string of the molecule is CC(=O)c1c2sc(C3=C(C(=O)OCc4ccc([N+](=O)[O-])cc4)N4C(=O)[C@H]([C@@H](C)O)[C@H]4[C@H]3C)c[n+]2cn1C. The Morgan fingerprint density at radius 3 is 2.57 bits per heavy atom. The summed E-state index contributed by atoms with van der Waals surface area (Å²) in [6.45, 7) is 4.83. The molecular formula is C25H25N4O7S+. The van der Waals surface area contributed by atoms with Gasteiger partial charge in [0.05, 0.1) is 34.9 Å². The number of aliphatic hydroxyl groups excluding tert-OH is 1. The Balaban J connectivity index is 1.53. The first-order valence-electron chi connectivity index (χ1n) is 11.7. The number of nitrogens with zero attached hydrogens (tertiary/aromatic N) is 4. The van der Waals surface area contributed by atoms with E-state index < -0.39 is 29.0 Å². The highest BCUT2D eigenvalue weighted by Gasteiger charge is 2.60. The second-order valence-electron chi connectivity index (χ2n) is 9.45. The number of hydrogen-bond donors (Lipinski definition) is 1. The number of amides is 1. The van der Waals surface area contributed by atoms with Crippen molar-refractivity contribution in [1.29, 1.82) is 0 Å². The second kappa shape index (κ2) is 8.89. The van der Waals surface area contributed by atoms with E-state index in [1.165, 1.54) is 47.4 Å². The molecule has 0 spiro atoms. The van der Waals surface area contributed by atoms with Gasteiger partial charge < -0.3 is 14.7 Å². The van der Waals surface area contributed by atoms with Crippen molar-refractivity contribution in [2.75, 3.05) is 0 Å². The molecule has 0 bridgehead atoms. The van der Waals surface area contributed by atoms with E-state index in [2.05, 4.69) is 0 Å². The van der Waals surface area contributed by atoms with Crippen LogP contribution in [0.4, 0.5) is 5.69 Å². The maximum atomic E-state index is 13.4. The molecule has 1 fully saturated rings. The van der Waals surface area contributed by atoms with Crippen molar-refractivity contribution < 1.29 is 33.6 Å². The zero-order chi connectivity index (χ0) is 26.8. The highest BCUT2D eigenvalue weighted by Crippen LogP contribution is 2.51. The number of nitro benzene ring substituents is 1. The molecule has 2 aliphatic rings.